The molecule has 112 valence electrons. The van der Waals surface area contributed by atoms with Crippen LogP contribution in [0.1, 0.15) is 44.9 Å². The molecule has 0 saturated carbocycles. The van der Waals surface area contributed by atoms with Crippen LogP contribution >= 0.6 is 0 Å². The molecule has 3 rings (SSSR count). The predicted octanol–water partition coefficient (Wildman–Crippen LogP) is 1.73. The van der Waals surface area contributed by atoms with Crippen molar-refractivity contribution in [1.82, 2.24) is 15.1 Å². The zero-order chi connectivity index (χ0) is 13.9. The monoisotopic (exact) mass is 277 g/mol. The van der Waals surface area contributed by atoms with Crippen LogP contribution in [0.3, 0.4) is 0 Å². The highest BCUT2D eigenvalue weighted by Gasteiger charge is 2.34. The van der Waals surface area contributed by atoms with Gasteiger partial charge >= 0.3 is 0 Å². The second-order valence-corrected chi connectivity index (χ2v) is 6.42. The van der Waals surface area contributed by atoms with Gasteiger partial charge in [-0.15, -0.1) is 0 Å². The smallest absolute Gasteiger partial charge is 0.240 e. The fourth-order valence-electron chi connectivity index (χ4n) is 3.94. The number of likely N-dealkylation sites (tertiary alicyclic amines) is 1. The number of hydrogen-bond donors (Lipinski definition) is 1. The molecule has 3 aliphatic rings. The normalized spacial score (nSPS) is 30.8. The molecule has 1 aliphatic carbocycles. The molecule has 0 bridgehead atoms. The Balaban J connectivity index is 1.57. The van der Waals surface area contributed by atoms with Crippen molar-refractivity contribution in [3.8, 4) is 0 Å². The molecule has 2 atom stereocenters. The van der Waals surface area contributed by atoms with E-state index in [4.69, 9.17) is 0 Å². The van der Waals surface area contributed by atoms with Crippen molar-refractivity contribution in [1.29, 1.82) is 0 Å². The van der Waals surface area contributed by atoms with Crippen molar-refractivity contribution in [3.05, 3.63) is 11.8 Å². The summed E-state index contributed by atoms with van der Waals surface area (Å²) in [7, 11) is 1.94. The minimum Gasteiger partial charge on any atom is -0.318 e. The fourth-order valence-corrected chi connectivity index (χ4v) is 3.94. The molecule has 0 aromatic rings. The molecule has 2 unspecified atom stereocenters. The Kier molecular flexibility index (Phi) is 4.41. The van der Waals surface area contributed by atoms with E-state index in [2.05, 4.69) is 16.3 Å². The third-order valence-electron chi connectivity index (χ3n) is 5.14. The van der Waals surface area contributed by atoms with E-state index in [1.165, 1.54) is 37.8 Å². The van der Waals surface area contributed by atoms with E-state index in [1.54, 1.807) is 0 Å². The molecule has 2 fully saturated rings. The lowest BCUT2D eigenvalue weighted by molar-refractivity contribution is -0.129. The molecule has 2 saturated heterocycles. The Morgan fingerprint density at radius 2 is 2.30 bits per heavy atom. The van der Waals surface area contributed by atoms with Crippen LogP contribution in [0.4, 0.5) is 0 Å². The maximum absolute atomic E-state index is 12.5. The van der Waals surface area contributed by atoms with Crippen molar-refractivity contribution >= 4 is 5.91 Å². The Morgan fingerprint density at radius 3 is 3.00 bits per heavy atom. The largest absolute Gasteiger partial charge is 0.318 e. The third-order valence-corrected chi connectivity index (χ3v) is 5.14. The number of carbonyl (C=O) groups excluding carboxylic acids is 1. The SMILES string of the molecule is CN(C(=O)CN1CCCC1C1CCCN1)C1=CCCC1. The van der Waals surface area contributed by atoms with E-state index in [9.17, 15) is 4.79 Å². The molecular formula is C16H27N3O. The maximum Gasteiger partial charge on any atom is 0.240 e. The first-order valence-corrected chi connectivity index (χ1v) is 8.19. The highest BCUT2D eigenvalue weighted by molar-refractivity contribution is 5.79. The van der Waals surface area contributed by atoms with Gasteiger partial charge in [0.15, 0.2) is 0 Å². The molecule has 4 heteroatoms. The second kappa shape index (κ2) is 6.27. The molecule has 0 aromatic carbocycles. The average Bonchev–Trinajstić information content (AvgIpc) is 3.19. The first-order valence-electron chi connectivity index (χ1n) is 8.19. The van der Waals surface area contributed by atoms with E-state index in [0.717, 1.165) is 25.9 Å². The van der Waals surface area contributed by atoms with Crippen LogP contribution in [0.2, 0.25) is 0 Å². The van der Waals surface area contributed by atoms with Crippen molar-refractivity contribution < 1.29 is 4.79 Å². The average molecular weight is 277 g/mol. The van der Waals surface area contributed by atoms with Gasteiger partial charge in [0, 0.05) is 24.8 Å². The molecule has 0 spiro atoms. The zero-order valence-electron chi connectivity index (χ0n) is 12.6. The Hall–Kier alpha value is -0.870. The number of amides is 1. The summed E-state index contributed by atoms with van der Waals surface area (Å²) in [5.41, 5.74) is 1.23. The van der Waals surface area contributed by atoms with Gasteiger partial charge in [0.2, 0.25) is 5.91 Å². The molecule has 2 heterocycles. The molecule has 20 heavy (non-hydrogen) atoms. The fraction of sp³-hybridized carbons (Fsp3) is 0.812. The molecule has 4 nitrogen and oxygen atoms in total. The van der Waals surface area contributed by atoms with Gasteiger partial charge in [-0.1, -0.05) is 6.08 Å². The molecular weight excluding hydrogens is 250 g/mol. The summed E-state index contributed by atoms with van der Waals surface area (Å²) < 4.78 is 0. The van der Waals surface area contributed by atoms with E-state index in [-0.39, 0.29) is 5.91 Å². The number of rotatable bonds is 4. The molecule has 2 aliphatic heterocycles. The van der Waals surface area contributed by atoms with Gasteiger partial charge in [-0.05, 0) is 58.0 Å². The number of nitrogens with one attached hydrogen (secondary N) is 1. The van der Waals surface area contributed by atoms with Crippen molar-refractivity contribution in [2.45, 2.75) is 57.0 Å². The predicted molar refractivity (Wildman–Crippen MR) is 80.3 cm³/mol. The van der Waals surface area contributed by atoms with Crippen LogP contribution in [-0.2, 0) is 4.79 Å². The quantitative estimate of drug-likeness (QED) is 0.850. The third kappa shape index (κ3) is 2.91. The highest BCUT2D eigenvalue weighted by Crippen LogP contribution is 2.25. The highest BCUT2D eigenvalue weighted by atomic mass is 16.2. The number of carbonyl (C=O) groups is 1. The molecule has 1 N–H and O–H groups in total. The second-order valence-electron chi connectivity index (χ2n) is 6.42. The molecule has 0 radical (unpaired) electrons. The topological polar surface area (TPSA) is 35.6 Å². The molecule has 0 aromatic heterocycles. The van der Waals surface area contributed by atoms with E-state index >= 15 is 0 Å². The zero-order valence-corrected chi connectivity index (χ0v) is 12.6. The maximum atomic E-state index is 12.5. The van der Waals surface area contributed by atoms with Gasteiger partial charge in [-0.2, -0.15) is 0 Å². The molecule has 1 amide bonds. The first kappa shape index (κ1) is 14.1. The summed E-state index contributed by atoms with van der Waals surface area (Å²) in [5.74, 6) is 0.267. The Morgan fingerprint density at radius 1 is 1.40 bits per heavy atom. The van der Waals surface area contributed by atoms with Gasteiger partial charge in [0.05, 0.1) is 6.54 Å². The minimum atomic E-state index is 0.267. The number of allylic oxidation sites excluding steroid dienone is 2. The van der Waals surface area contributed by atoms with E-state index < -0.39 is 0 Å². The van der Waals surface area contributed by atoms with Gasteiger partial charge in [-0.3, -0.25) is 9.69 Å². The first-order chi connectivity index (χ1) is 9.75. The lowest BCUT2D eigenvalue weighted by Gasteiger charge is -2.30. The summed E-state index contributed by atoms with van der Waals surface area (Å²) in [4.78, 5) is 16.8. The summed E-state index contributed by atoms with van der Waals surface area (Å²) in [6, 6.07) is 1.19. The minimum absolute atomic E-state index is 0.267. The van der Waals surface area contributed by atoms with Crippen LogP contribution in [-0.4, -0.2) is 54.5 Å². The van der Waals surface area contributed by atoms with Gasteiger partial charge in [-0.25, -0.2) is 0 Å². The van der Waals surface area contributed by atoms with Crippen molar-refractivity contribution in [3.63, 3.8) is 0 Å². The van der Waals surface area contributed by atoms with Crippen LogP contribution in [0.25, 0.3) is 0 Å². The number of hydrogen-bond acceptors (Lipinski definition) is 3. The van der Waals surface area contributed by atoms with Crippen molar-refractivity contribution in [2.75, 3.05) is 26.7 Å². The number of nitrogens with zero attached hydrogens (tertiary/aromatic N) is 2. The van der Waals surface area contributed by atoms with E-state index in [0.29, 0.717) is 18.6 Å². The summed E-state index contributed by atoms with van der Waals surface area (Å²) >= 11 is 0. The van der Waals surface area contributed by atoms with Crippen LogP contribution in [0.15, 0.2) is 11.8 Å². The van der Waals surface area contributed by atoms with Crippen LogP contribution < -0.4 is 5.32 Å². The number of likely N-dealkylation sites (N-methyl/N-ethyl adjacent to an activating group) is 1. The standard InChI is InChI=1S/C16H27N3O/c1-18(13-6-2-3-7-13)16(20)12-19-11-5-9-15(19)14-8-4-10-17-14/h6,14-15,17H,2-5,7-12H2,1H3. The lowest BCUT2D eigenvalue weighted by Crippen LogP contribution is -2.47. The van der Waals surface area contributed by atoms with E-state index in [1.807, 2.05) is 11.9 Å². The van der Waals surface area contributed by atoms with Crippen LogP contribution in [0, 0.1) is 0 Å². The van der Waals surface area contributed by atoms with Gasteiger partial charge < -0.3 is 10.2 Å². The summed E-state index contributed by atoms with van der Waals surface area (Å²) in [5, 5.41) is 3.61. The summed E-state index contributed by atoms with van der Waals surface area (Å²) in [6.45, 7) is 2.83. The lowest BCUT2D eigenvalue weighted by atomic mass is 10.0. The van der Waals surface area contributed by atoms with Gasteiger partial charge in [0.1, 0.15) is 0 Å². The Bertz CT molecular complexity index is 387. The van der Waals surface area contributed by atoms with Crippen molar-refractivity contribution in [2.24, 2.45) is 0 Å². The van der Waals surface area contributed by atoms with Gasteiger partial charge in [0.25, 0.3) is 0 Å². The summed E-state index contributed by atoms with van der Waals surface area (Å²) in [6.07, 6.45) is 10.7. The van der Waals surface area contributed by atoms with Crippen LogP contribution in [0.5, 0.6) is 0 Å². The Labute approximate surface area is 122 Å².